The topological polar surface area (TPSA) is 38.8 Å². The number of methoxy groups -OCH3 is 1. The summed E-state index contributed by atoms with van der Waals surface area (Å²) in [6, 6.07) is 4.40. The molecular formula is C14H21NO3S. The zero-order chi connectivity index (χ0) is 13.7. The van der Waals surface area contributed by atoms with E-state index in [0.29, 0.717) is 13.0 Å². The van der Waals surface area contributed by atoms with Crippen LogP contribution in [-0.2, 0) is 27.2 Å². The Morgan fingerprint density at radius 3 is 3.00 bits per heavy atom. The number of esters is 1. The molecule has 19 heavy (non-hydrogen) atoms. The highest BCUT2D eigenvalue weighted by molar-refractivity contribution is 7.11. The van der Waals surface area contributed by atoms with Gasteiger partial charge in [-0.05, 0) is 18.6 Å². The van der Waals surface area contributed by atoms with Crippen LogP contribution in [0.15, 0.2) is 12.1 Å². The Morgan fingerprint density at radius 1 is 1.53 bits per heavy atom. The van der Waals surface area contributed by atoms with Gasteiger partial charge in [0.15, 0.2) is 0 Å². The number of carbonyl (C=O) groups is 1. The molecule has 1 aliphatic rings. The predicted molar refractivity (Wildman–Crippen MR) is 75.3 cm³/mol. The Labute approximate surface area is 118 Å². The van der Waals surface area contributed by atoms with Crippen LogP contribution in [0.2, 0.25) is 0 Å². The fraction of sp³-hybridized carbons (Fsp3) is 0.643. The van der Waals surface area contributed by atoms with Crippen molar-refractivity contribution in [2.24, 2.45) is 0 Å². The molecule has 1 aromatic rings. The number of hydrogen-bond acceptors (Lipinski definition) is 5. The second-order valence-electron chi connectivity index (χ2n) is 4.73. The molecule has 5 heteroatoms. The molecule has 0 aromatic carbocycles. The van der Waals surface area contributed by atoms with Gasteiger partial charge in [-0.1, -0.05) is 6.92 Å². The highest BCUT2D eigenvalue weighted by Crippen LogP contribution is 2.20. The van der Waals surface area contributed by atoms with Crippen molar-refractivity contribution in [3.63, 3.8) is 0 Å². The molecule has 0 radical (unpaired) electrons. The Bertz CT molecular complexity index is 419. The quantitative estimate of drug-likeness (QED) is 0.776. The maximum atomic E-state index is 11.3. The zero-order valence-electron chi connectivity index (χ0n) is 11.6. The minimum atomic E-state index is -0.198. The Balaban J connectivity index is 1.85. The third-order valence-corrected chi connectivity index (χ3v) is 4.50. The summed E-state index contributed by atoms with van der Waals surface area (Å²) in [6.45, 7) is 5.54. The number of hydrogen-bond donors (Lipinski definition) is 0. The van der Waals surface area contributed by atoms with Crippen LogP contribution in [0.3, 0.4) is 0 Å². The molecule has 2 rings (SSSR count). The van der Waals surface area contributed by atoms with Crippen molar-refractivity contribution in [3.8, 4) is 0 Å². The number of thiophene rings is 1. The molecule has 0 spiro atoms. The van der Waals surface area contributed by atoms with Crippen molar-refractivity contribution in [3.05, 3.63) is 21.9 Å². The molecule has 2 heterocycles. The minimum Gasteiger partial charge on any atom is -0.469 e. The largest absolute Gasteiger partial charge is 0.469 e. The summed E-state index contributed by atoms with van der Waals surface area (Å²) in [6.07, 6.45) is 1.41. The van der Waals surface area contributed by atoms with Crippen LogP contribution in [0.4, 0.5) is 0 Å². The van der Waals surface area contributed by atoms with Gasteiger partial charge in [0, 0.05) is 29.4 Å². The molecule has 1 unspecified atom stereocenters. The van der Waals surface area contributed by atoms with E-state index in [9.17, 15) is 4.79 Å². The van der Waals surface area contributed by atoms with Gasteiger partial charge in [-0.15, -0.1) is 11.3 Å². The van der Waals surface area contributed by atoms with Gasteiger partial charge in [-0.25, -0.2) is 0 Å². The van der Waals surface area contributed by atoms with Crippen molar-refractivity contribution in [2.45, 2.75) is 32.4 Å². The monoisotopic (exact) mass is 283 g/mol. The van der Waals surface area contributed by atoms with Gasteiger partial charge in [0.25, 0.3) is 0 Å². The van der Waals surface area contributed by atoms with E-state index in [1.165, 1.54) is 16.9 Å². The van der Waals surface area contributed by atoms with Crippen LogP contribution < -0.4 is 0 Å². The maximum Gasteiger partial charge on any atom is 0.308 e. The van der Waals surface area contributed by atoms with Gasteiger partial charge in [-0.2, -0.15) is 0 Å². The van der Waals surface area contributed by atoms with Crippen LogP contribution >= 0.6 is 11.3 Å². The lowest BCUT2D eigenvalue weighted by molar-refractivity contribution is -0.145. The lowest BCUT2D eigenvalue weighted by Crippen LogP contribution is -2.42. The van der Waals surface area contributed by atoms with Gasteiger partial charge in [0.2, 0.25) is 0 Å². The third kappa shape index (κ3) is 4.30. The van der Waals surface area contributed by atoms with Crippen LogP contribution in [0, 0.1) is 0 Å². The Morgan fingerprint density at radius 2 is 2.32 bits per heavy atom. The molecular weight excluding hydrogens is 262 g/mol. The summed E-state index contributed by atoms with van der Waals surface area (Å²) >= 11 is 1.87. The summed E-state index contributed by atoms with van der Waals surface area (Å²) < 4.78 is 10.3. The molecule has 0 N–H and O–H groups in total. The summed E-state index contributed by atoms with van der Waals surface area (Å²) in [5.74, 6) is -0.198. The van der Waals surface area contributed by atoms with Crippen molar-refractivity contribution < 1.29 is 14.3 Å². The Hall–Kier alpha value is -0.910. The van der Waals surface area contributed by atoms with Crippen LogP contribution in [0.5, 0.6) is 0 Å². The molecule has 0 aliphatic carbocycles. The first-order valence-corrected chi connectivity index (χ1v) is 7.51. The molecule has 0 saturated carbocycles. The van der Waals surface area contributed by atoms with Gasteiger partial charge in [0.1, 0.15) is 0 Å². The average molecular weight is 283 g/mol. The van der Waals surface area contributed by atoms with Gasteiger partial charge in [-0.3, -0.25) is 9.69 Å². The lowest BCUT2D eigenvalue weighted by Gasteiger charge is -2.32. The smallest absolute Gasteiger partial charge is 0.308 e. The first-order valence-electron chi connectivity index (χ1n) is 6.69. The molecule has 1 aliphatic heterocycles. The molecule has 1 aromatic heterocycles. The van der Waals surface area contributed by atoms with E-state index >= 15 is 0 Å². The molecule has 1 fully saturated rings. The van der Waals surface area contributed by atoms with E-state index in [2.05, 4.69) is 28.7 Å². The number of carbonyl (C=O) groups excluding carboxylic acids is 1. The zero-order valence-corrected chi connectivity index (χ0v) is 12.4. The number of rotatable bonds is 5. The fourth-order valence-corrected chi connectivity index (χ4v) is 3.23. The summed E-state index contributed by atoms with van der Waals surface area (Å²) in [5, 5.41) is 0. The molecule has 0 amide bonds. The molecule has 106 valence electrons. The summed E-state index contributed by atoms with van der Waals surface area (Å²) in [7, 11) is 1.42. The minimum absolute atomic E-state index is 0.0354. The van der Waals surface area contributed by atoms with Crippen LogP contribution in [0.25, 0.3) is 0 Å². The first kappa shape index (κ1) is 14.5. The third-order valence-electron chi connectivity index (χ3n) is 3.29. The van der Waals surface area contributed by atoms with Gasteiger partial charge < -0.3 is 9.47 Å². The maximum absolute atomic E-state index is 11.3. The number of nitrogens with zero attached hydrogens (tertiary/aromatic N) is 1. The fourth-order valence-electron chi connectivity index (χ4n) is 2.23. The van der Waals surface area contributed by atoms with E-state index in [0.717, 1.165) is 26.1 Å². The second kappa shape index (κ2) is 7.03. The van der Waals surface area contributed by atoms with E-state index in [1.807, 2.05) is 11.3 Å². The van der Waals surface area contributed by atoms with Crippen molar-refractivity contribution >= 4 is 17.3 Å². The van der Waals surface area contributed by atoms with E-state index in [-0.39, 0.29) is 12.1 Å². The van der Waals surface area contributed by atoms with E-state index in [1.54, 1.807) is 0 Å². The Kier molecular flexibility index (Phi) is 5.36. The van der Waals surface area contributed by atoms with Crippen LogP contribution in [0.1, 0.15) is 23.1 Å². The standard InChI is InChI=1S/C14H21NO3S/c1-3-12-4-5-13(19-12)10-15-6-7-18-11(9-15)8-14(16)17-2/h4-5,11H,3,6-10H2,1-2H3. The summed E-state index contributed by atoms with van der Waals surface area (Å²) in [5.41, 5.74) is 0. The first-order chi connectivity index (χ1) is 9.21. The van der Waals surface area contributed by atoms with Crippen molar-refractivity contribution in [2.75, 3.05) is 26.8 Å². The van der Waals surface area contributed by atoms with Gasteiger partial charge in [0.05, 0.1) is 26.2 Å². The number of ether oxygens (including phenoxy) is 2. The molecule has 1 saturated heterocycles. The molecule has 0 bridgehead atoms. The van der Waals surface area contributed by atoms with Gasteiger partial charge >= 0.3 is 5.97 Å². The SMILES string of the molecule is CCc1ccc(CN2CCOC(CC(=O)OC)C2)s1. The van der Waals surface area contributed by atoms with E-state index < -0.39 is 0 Å². The number of morpholine rings is 1. The van der Waals surface area contributed by atoms with E-state index in [4.69, 9.17) is 4.74 Å². The summed E-state index contributed by atoms with van der Waals surface area (Å²) in [4.78, 5) is 16.4. The normalized spacial score (nSPS) is 20.4. The second-order valence-corrected chi connectivity index (χ2v) is 5.98. The average Bonchev–Trinajstić information content (AvgIpc) is 2.86. The van der Waals surface area contributed by atoms with Crippen molar-refractivity contribution in [1.82, 2.24) is 4.90 Å². The molecule has 4 nitrogen and oxygen atoms in total. The highest BCUT2D eigenvalue weighted by atomic mass is 32.1. The predicted octanol–water partition coefficient (Wildman–Crippen LogP) is 2.07. The number of aryl methyl sites for hydroxylation is 1. The highest BCUT2D eigenvalue weighted by Gasteiger charge is 2.23. The molecule has 1 atom stereocenters. The van der Waals surface area contributed by atoms with Crippen molar-refractivity contribution in [1.29, 1.82) is 0 Å². The van der Waals surface area contributed by atoms with Crippen LogP contribution in [-0.4, -0.2) is 43.8 Å². The lowest BCUT2D eigenvalue weighted by atomic mass is 10.2.